The summed E-state index contributed by atoms with van der Waals surface area (Å²) in [5, 5.41) is 14.0. The average Bonchev–Trinajstić information content (AvgIpc) is 2.60. The number of carbonyl (C=O) groups excluding carboxylic acids is 1. The number of carbonyl (C=O) groups is 1. The van der Waals surface area contributed by atoms with Crippen molar-refractivity contribution in [2.24, 2.45) is 0 Å². The maximum Gasteiger partial charge on any atom is 0.242 e. The van der Waals surface area contributed by atoms with Crippen LogP contribution in [0.5, 0.6) is 0 Å². The Balaban J connectivity index is 2.41. The van der Waals surface area contributed by atoms with Gasteiger partial charge >= 0.3 is 0 Å². The van der Waals surface area contributed by atoms with Crippen LogP contribution in [0.3, 0.4) is 0 Å². The zero-order chi connectivity index (χ0) is 11.3. The van der Waals surface area contributed by atoms with Crippen molar-refractivity contribution in [1.82, 2.24) is 15.5 Å². The standard InChI is InChI=1S/C8H13BrN4OS/c1-3-4-10-6(14)5(2)11-8-13-12-7(9)15-8/h5H,3-4H2,1-2H3,(H,10,14)(H,11,13). The molecule has 0 aliphatic heterocycles. The van der Waals surface area contributed by atoms with Gasteiger partial charge in [0, 0.05) is 6.54 Å². The fourth-order valence-electron chi connectivity index (χ4n) is 0.916. The third kappa shape index (κ3) is 4.13. The van der Waals surface area contributed by atoms with Crippen LogP contribution in [-0.4, -0.2) is 28.7 Å². The van der Waals surface area contributed by atoms with Crippen LogP contribution in [0, 0.1) is 0 Å². The molecule has 0 aliphatic carbocycles. The van der Waals surface area contributed by atoms with E-state index in [1.54, 1.807) is 6.92 Å². The Hall–Kier alpha value is -0.690. The van der Waals surface area contributed by atoms with E-state index in [2.05, 4.69) is 36.8 Å². The first-order valence-corrected chi connectivity index (χ1v) is 6.27. The molecule has 1 atom stereocenters. The molecule has 0 saturated heterocycles. The number of halogens is 1. The SMILES string of the molecule is CCCNC(=O)C(C)Nc1nnc(Br)s1. The molecule has 1 aromatic heterocycles. The lowest BCUT2D eigenvalue weighted by atomic mass is 10.3. The molecule has 1 unspecified atom stereocenters. The van der Waals surface area contributed by atoms with Crippen LogP contribution in [0.4, 0.5) is 5.13 Å². The first-order valence-electron chi connectivity index (χ1n) is 4.66. The molecule has 84 valence electrons. The molecule has 0 bridgehead atoms. The number of hydrogen-bond donors (Lipinski definition) is 2. The number of amides is 1. The van der Waals surface area contributed by atoms with Crippen molar-refractivity contribution in [3.05, 3.63) is 3.92 Å². The number of nitrogens with zero attached hydrogens (tertiary/aromatic N) is 2. The highest BCUT2D eigenvalue weighted by atomic mass is 79.9. The second kappa shape index (κ2) is 6.02. The first kappa shape index (κ1) is 12.4. The molecule has 0 fully saturated rings. The first-order chi connectivity index (χ1) is 7.13. The Morgan fingerprint density at radius 1 is 1.60 bits per heavy atom. The molecular weight excluding hydrogens is 280 g/mol. The van der Waals surface area contributed by atoms with E-state index in [0.717, 1.165) is 6.42 Å². The van der Waals surface area contributed by atoms with E-state index in [4.69, 9.17) is 0 Å². The summed E-state index contributed by atoms with van der Waals surface area (Å²) >= 11 is 4.57. The quantitative estimate of drug-likeness (QED) is 0.866. The van der Waals surface area contributed by atoms with E-state index < -0.39 is 0 Å². The summed E-state index contributed by atoms with van der Waals surface area (Å²) in [6.07, 6.45) is 0.933. The molecule has 1 amide bonds. The van der Waals surface area contributed by atoms with Crippen LogP contribution in [0.1, 0.15) is 20.3 Å². The molecule has 0 saturated carbocycles. The van der Waals surface area contributed by atoms with Crippen molar-refractivity contribution in [2.45, 2.75) is 26.3 Å². The summed E-state index contributed by atoms with van der Waals surface area (Å²) in [5.41, 5.74) is 0. The van der Waals surface area contributed by atoms with Gasteiger partial charge in [-0.05, 0) is 29.3 Å². The molecule has 0 aliphatic rings. The Labute approximate surface area is 101 Å². The number of anilines is 1. The van der Waals surface area contributed by atoms with Crippen molar-refractivity contribution < 1.29 is 4.79 Å². The van der Waals surface area contributed by atoms with Gasteiger partial charge in [0.15, 0.2) is 3.92 Å². The Morgan fingerprint density at radius 3 is 2.87 bits per heavy atom. The third-order valence-electron chi connectivity index (χ3n) is 1.68. The molecule has 0 spiro atoms. The highest BCUT2D eigenvalue weighted by Gasteiger charge is 2.13. The van der Waals surface area contributed by atoms with E-state index in [0.29, 0.717) is 15.6 Å². The molecule has 1 rings (SSSR count). The molecule has 0 aromatic carbocycles. The van der Waals surface area contributed by atoms with Crippen LogP contribution in [0.25, 0.3) is 0 Å². The fourth-order valence-corrected chi connectivity index (χ4v) is 2.01. The second-order valence-electron chi connectivity index (χ2n) is 3.02. The van der Waals surface area contributed by atoms with Crippen LogP contribution >= 0.6 is 27.3 Å². The summed E-state index contributed by atoms with van der Waals surface area (Å²) < 4.78 is 0.700. The molecule has 15 heavy (non-hydrogen) atoms. The summed E-state index contributed by atoms with van der Waals surface area (Å²) in [7, 11) is 0. The van der Waals surface area contributed by atoms with E-state index in [1.165, 1.54) is 11.3 Å². The number of hydrogen-bond acceptors (Lipinski definition) is 5. The maximum atomic E-state index is 11.5. The van der Waals surface area contributed by atoms with Crippen LogP contribution in [0.15, 0.2) is 3.92 Å². The minimum atomic E-state index is -0.295. The Morgan fingerprint density at radius 2 is 2.33 bits per heavy atom. The number of rotatable bonds is 5. The zero-order valence-corrected chi connectivity index (χ0v) is 11.0. The predicted octanol–water partition coefficient (Wildman–Crippen LogP) is 1.63. The normalized spacial score (nSPS) is 12.2. The second-order valence-corrected chi connectivity index (χ2v) is 5.27. The molecule has 7 heteroatoms. The van der Waals surface area contributed by atoms with Gasteiger partial charge < -0.3 is 10.6 Å². The van der Waals surface area contributed by atoms with Crippen molar-refractivity contribution in [1.29, 1.82) is 0 Å². The van der Waals surface area contributed by atoms with E-state index in [9.17, 15) is 4.79 Å². The largest absolute Gasteiger partial charge is 0.354 e. The smallest absolute Gasteiger partial charge is 0.242 e. The highest BCUT2D eigenvalue weighted by molar-refractivity contribution is 9.11. The third-order valence-corrected chi connectivity index (χ3v) is 2.97. The zero-order valence-electron chi connectivity index (χ0n) is 8.58. The minimum Gasteiger partial charge on any atom is -0.354 e. The van der Waals surface area contributed by atoms with Gasteiger partial charge in [0.25, 0.3) is 0 Å². The predicted molar refractivity (Wildman–Crippen MR) is 64.0 cm³/mol. The van der Waals surface area contributed by atoms with Crippen LogP contribution < -0.4 is 10.6 Å². The van der Waals surface area contributed by atoms with E-state index in [-0.39, 0.29) is 11.9 Å². The van der Waals surface area contributed by atoms with Gasteiger partial charge in [-0.25, -0.2) is 0 Å². The van der Waals surface area contributed by atoms with E-state index >= 15 is 0 Å². The summed E-state index contributed by atoms with van der Waals surface area (Å²) in [6.45, 7) is 4.51. The van der Waals surface area contributed by atoms with Crippen molar-refractivity contribution in [3.63, 3.8) is 0 Å². The highest BCUT2D eigenvalue weighted by Crippen LogP contribution is 2.20. The summed E-state index contributed by atoms with van der Waals surface area (Å²) in [4.78, 5) is 11.5. The molecule has 0 radical (unpaired) electrons. The van der Waals surface area contributed by atoms with Crippen LogP contribution in [-0.2, 0) is 4.79 Å². The molecule has 5 nitrogen and oxygen atoms in total. The molecule has 2 N–H and O–H groups in total. The molecule has 1 heterocycles. The Bertz CT molecular complexity index is 330. The van der Waals surface area contributed by atoms with Gasteiger partial charge in [0.1, 0.15) is 6.04 Å². The van der Waals surface area contributed by atoms with Crippen molar-refractivity contribution in [3.8, 4) is 0 Å². The number of nitrogens with one attached hydrogen (secondary N) is 2. The summed E-state index contributed by atoms with van der Waals surface area (Å²) in [5.74, 6) is -0.0248. The van der Waals surface area contributed by atoms with Gasteiger partial charge in [-0.1, -0.05) is 18.3 Å². The average molecular weight is 293 g/mol. The van der Waals surface area contributed by atoms with Gasteiger partial charge in [-0.3, -0.25) is 4.79 Å². The van der Waals surface area contributed by atoms with Gasteiger partial charge in [-0.15, -0.1) is 10.2 Å². The number of aromatic nitrogens is 2. The summed E-state index contributed by atoms with van der Waals surface area (Å²) in [6, 6.07) is -0.295. The van der Waals surface area contributed by atoms with Crippen molar-refractivity contribution >= 4 is 38.3 Å². The monoisotopic (exact) mass is 292 g/mol. The van der Waals surface area contributed by atoms with Gasteiger partial charge in [-0.2, -0.15) is 0 Å². The molecular formula is C8H13BrN4OS. The molecule has 1 aromatic rings. The lowest BCUT2D eigenvalue weighted by Gasteiger charge is -2.11. The van der Waals surface area contributed by atoms with Crippen LogP contribution in [0.2, 0.25) is 0 Å². The lowest BCUT2D eigenvalue weighted by molar-refractivity contribution is -0.121. The minimum absolute atomic E-state index is 0.0248. The topological polar surface area (TPSA) is 66.9 Å². The Kier molecular flexibility index (Phi) is 4.97. The van der Waals surface area contributed by atoms with Gasteiger partial charge in [0.2, 0.25) is 11.0 Å². The van der Waals surface area contributed by atoms with Crippen molar-refractivity contribution in [2.75, 3.05) is 11.9 Å². The lowest BCUT2D eigenvalue weighted by Crippen LogP contribution is -2.37. The fraction of sp³-hybridized carbons (Fsp3) is 0.625. The van der Waals surface area contributed by atoms with Gasteiger partial charge in [0.05, 0.1) is 0 Å². The van der Waals surface area contributed by atoms with E-state index in [1.807, 2.05) is 6.92 Å². The maximum absolute atomic E-state index is 11.5.